The molecule has 9 heteroatoms. The highest BCUT2D eigenvalue weighted by Crippen LogP contribution is 2.35. The fraction of sp³-hybridized carbons (Fsp3) is 0.524. The van der Waals surface area contributed by atoms with E-state index in [1.807, 2.05) is 13.0 Å². The van der Waals surface area contributed by atoms with Crippen molar-refractivity contribution >= 4 is 29.5 Å². The van der Waals surface area contributed by atoms with E-state index in [0.29, 0.717) is 24.3 Å². The summed E-state index contributed by atoms with van der Waals surface area (Å²) < 4.78 is 10.4. The number of aryl methyl sites for hydroxylation is 1. The zero-order chi connectivity index (χ0) is 21.9. The number of carbonyl (C=O) groups is 4. The van der Waals surface area contributed by atoms with E-state index in [1.165, 1.54) is 14.0 Å². The molecule has 2 aliphatic rings. The molecule has 1 aliphatic carbocycles. The first-order valence-corrected chi connectivity index (χ1v) is 10.0. The molecule has 1 saturated carbocycles. The van der Waals surface area contributed by atoms with Crippen molar-refractivity contribution in [2.75, 3.05) is 19.0 Å². The maximum absolute atomic E-state index is 12.6. The van der Waals surface area contributed by atoms with Gasteiger partial charge in [0.05, 0.1) is 19.2 Å². The summed E-state index contributed by atoms with van der Waals surface area (Å²) in [6.07, 6.45) is 1.80. The smallest absolute Gasteiger partial charge is 0.325 e. The van der Waals surface area contributed by atoms with Gasteiger partial charge in [0.25, 0.3) is 11.8 Å². The zero-order valence-corrected chi connectivity index (χ0v) is 17.4. The number of benzene rings is 1. The quantitative estimate of drug-likeness (QED) is 0.519. The van der Waals surface area contributed by atoms with Crippen molar-refractivity contribution in [3.8, 4) is 5.75 Å². The van der Waals surface area contributed by atoms with Crippen LogP contribution in [0.4, 0.5) is 10.5 Å². The van der Waals surface area contributed by atoms with Gasteiger partial charge < -0.3 is 20.1 Å². The van der Waals surface area contributed by atoms with Crippen LogP contribution in [-0.2, 0) is 19.1 Å². The molecule has 1 aromatic rings. The first-order chi connectivity index (χ1) is 14.3. The molecule has 3 rings (SSSR count). The summed E-state index contributed by atoms with van der Waals surface area (Å²) in [5.74, 6) is -0.962. The summed E-state index contributed by atoms with van der Waals surface area (Å²) in [4.78, 5) is 50.4. The van der Waals surface area contributed by atoms with Crippen LogP contribution in [0.25, 0.3) is 0 Å². The van der Waals surface area contributed by atoms with Crippen LogP contribution in [-0.4, -0.2) is 54.0 Å². The number of amides is 4. The Hall–Kier alpha value is -3.10. The molecule has 1 spiro atoms. The van der Waals surface area contributed by atoms with E-state index >= 15 is 0 Å². The van der Waals surface area contributed by atoms with Crippen molar-refractivity contribution in [1.29, 1.82) is 0 Å². The molecule has 1 heterocycles. The van der Waals surface area contributed by atoms with E-state index in [2.05, 4.69) is 10.6 Å². The largest absolute Gasteiger partial charge is 0.495 e. The number of carbonyl (C=O) groups excluding carboxylic acids is 4. The van der Waals surface area contributed by atoms with Gasteiger partial charge in [0, 0.05) is 6.54 Å². The van der Waals surface area contributed by atoms with Gasteiger partial charge in [-0.3, -0.25) is 19.3 Å². The number of hydrogen-bond donors (Lipinski definition) is 2. The number of anilines is 1. The Morgan fingerprint density at radius 3 is 2.63 bits per heavy atom. The number of hydrogen-bond acceptors (Lipinski definition) is 6. The Balaban J connectivity index is 1.51. The molecule has 30 heavy (non-hydrogen) atoms. The number of ether oxygens (including phenoxy) is 2. The zero-order valence-electron chi connectivity index (χ0n) is 17.4. The predicted molar refractivity (Wildman–Crippen MR) is 108 cm³/mol. The van der Waals surface area contributed by atoms with Crippen LogP contribution < -0.4 is 15.4 Å². The molecule has 0 unspecified atom stereocenters. The standard InChI is InChI=1S/C21H27N3O6/c1-13-6-7-16(29-3)15(12-13)22-18(26)14(2)30-17(25)8-11-24-19(27)21(23-20(24)28)9-4-5-10-21/h6-7,12,14H,4-5,8-11H2,1-3H3,(H,22,26)(H,23,28)/t14-/m1/s1. The van der Waals surface area contributed by atoms with Gasteiger partial charge in [-0.2, -0.15) is 0 Å². The number of esters is 1. The molecule has 162 valence electrons. The van der Waals surface area contributed by atoms with Crippen LogP contribution in [0, 0.1) is 6.92 Å². The molecule has 1 atom stereocenters. The second kappa shape index (κ2) is 8.73. The average molecular weight is 417 g/mol. The van der Waals surface area contributed by atoms with E-state index in [-0.39, 0.29) is 18.9 Å². The number of rotatable bonds is 7. The van der Waals surface area contributed by atoms with Gasteiger partial charge in [0.15, 0.2) is 6.10 Å². The molecule has 2 N–H and O–H groups in total. The van der Waals surface area contributed by atoms with Gasteiger partial charge >= 0.3 is 12.0 Å². The molecule has 0 radical (unpaired) electrons. The van der Waals surface area contributed by atoms with E-state index in [0.717, 1.165) is 23.3 Å². The Kier molecular flexibility index (Phi) is 6.28. The van der Waals surface area contributed by atoms with Gasteiger partial charge in [0.2, 0.25) is 0 Å². The monoisotopic (exact) mass is 417 g/mol. The summed E-state index contributed by atoms with van der Waals surface area (Å²) in [7, 11) is 1.50. The number of nitrogens with zero attached hydrogens (tertiary/aromatic N) is 1. The molecule has 0 bridgehead atoms. The summed E-state index contributed by atoms with van der Waals surface area (Å²) in [5.41, 5.74) is 0.608. The van der Waals surface area contributed by atoms with Gasteiger partial charge in [-0.05, 0) is 44.4 Å². The van der Waals surface area contributed by atoms with Crippen molar-refractivity contribution in [2.45, 2.75) is 57.6 Å². The fourth-order valence-corrected chi connectivity index (χ4v) is 3.86. The topological polar surface area (TPSA) is 114 Å². The number of urea groups is 1. The average Bonchev–Trinajstić information content (AvgIpc) is 3.25. The lowest BCUT2D eigenvalue weighted by Crippen LogP contribution is -2.44. The highest BCUT2D eigenvalue weighted by molar-refractivity contribution is 6.07. The molecule has 1 aliphatic heterocycles. The summed E-state index contributed by atoms with van der Waals surface area (Å²) in [6.45, 7) is 3.26. The van der Waals surface area contributed by atoms with Crippen LogP contribution in [0.3, 0.4) is 0 Å². The van der Waals surface area contributed by atoms with Gasteiger partial charge in [-0.25, -0.2) is 4.79 Å². The maximum atomic E-state index is 12.6. The van der Waals surface area contributed by atoms with Crippen molar-refractivity contribution in [3.63, 3.8) is 0 Å². The van der Waals surface area contributed by atoms with Gasteiger partial charge in [-0.1, -0.05) is 18.9 Å². The summed E-state index contributed by atoms with van der Waals surface area (Å²) in [5, 5.41) is 5.45. The first kappa shape index (κ1) is 21.6. The summed E-state index contributed by atoms with van der Waals surface area (Å²) >= 11 is 0. The highest BCUT2D eigenvalue weighted by atomic mass is 16.5. The minimum absolute atomic E-state index is 0.0781. The normalized spacial score (nSPS) is 18.3. The van der Waals surface area contributed by atoms with E-state index in [1.54, 1.807) is 12.1 Å². The lowest BCUT2D eigenvalue weighted by atomic mass is 9.98. The third-order valence-electron chi connectivity index (χ3n) is 5.53. The molecular weight excluding hydrogens is 390 g/mol. The lowest BCUT2D eigenvalue weighted by Gasteiger charge is -2.20. The van der Waals surface area contributed by atoms with E-state index < -0.39 is 29.6 Å². The third kappa shape index (κ3) is 4.39. The molecule has 9 nitrogen and oxygen atoms in total. The molecule has 4 amide bonds. The van der Waals surface area contributed by atoms with E-state index in [9.17, 15) is 19.2 Å². The molecule has 0 aromatic heterocycles. The van der Waals surface area contributed by atoms with Crippen LogP contribution in [0.1, 0.15) is 44.6 Å². The minimum atomic E-state index is -1.05. The molecule has 1 saturated heterocycles. The number of imide groups is 1. The Morgan fingerprint density at radius 2 is 1.97 bits per heavy atom. The maximum Gasteiger partial charge on any atom is 0.325 e. The molecule has 1 aromatic carbocycles. The SMILES string of the molecule is COc1ccc(C)cc1NC(=O)[C@@H](C)OC(=O)CCN1C(=O)NC2(CCCC2)C1=O. The minimum Gasteiger partial charge on any atom is -0.495 e. The van der Waals surface area contributed by atoms with Gasteiger partial charge in [-0.15, -0.1) is 0 Å². The fourth-order valence-electron chi connectivity index (χ4n) is 3.86. The Bertz CT molecular complexity index is 862. The molecular formula is C21H27N3O6. The Labute approximate surface area is 175 Å². The van der Waals surface area contributed by atoms with E-state index in [4.69, 9.17) is 9.47 Å². The van der Waals surface area contributed by atoms with Crippen molar-refractivity contribution < 1.29 is 28.7 Å². The predicted octanol–water partition coefficient (Wildman–Crippen LogP) is 2.13. The van der Waals surface area contributed by atoms with Crippen molar-refractivity contribution in [2.24, 2.45) is 0 Å². The first-order valence-electron chi connectivity index (χ1n) is 10.0. The van der Waals surface area contributed by atoms with Crippen LogP contribution in [0.2, 0.25) is 0 Å². The third-order valence-corrected chi connectivity index (χ3v) is 5.53. The second-order valence-electron chi connectivity index (χ2n) is 7.75. The second-order valence-corrected chi connectivity index (χ2v) is 7.75. The lowest BCUT2D eigenvalue weighted by molar-refractivity contribution is -0.153. The van der Waals surface area contributed by atoms with Crippen molar-refractivity contribution in [1.82, 2.24) is 10.2 Å². The number of nitrogens with one attached hydrogen (secondary N) is 2. The molecule has 2 fully saturated rings. The van der Waals surface area contributed by atoms with Crippen LogP contribution in [0.5, 0.6) is 5.75 Å². The van der Waals surface area contributed by atoms with Crippen LogP contribution in [0.15, 0.2) is 18.2 Å². The highest BCUT2D eigenvalue weighted by Gasteiger charge is 2.52. The summed E-state index contributed by atoms with van der Waals surface area (Å²) in [6, 6.07) is 4.86. The number of methoxy groups -OCH3 is 1. The van der Waals surface area contributed by atoms with Crippen LogP contribution >= 0.6 is 0 Å². The Morgan fingerprint density at radius 1 is 1.27 bits per heavy atom. The van der Waals surface area contributed by atoms with Crippen molar-refractivity contribution in [3.05, 3.63) is 23.8 Å². The van der Waals surface area contributed by atoms with Gasteiger partial charge in [0.1, 0.15) is 11.3 Å².